The summed E-state index contributed by atoms with van der Waals surface area (Å²) >= 11 is 5.85. The Kier molecular flexibility index (Phi) is 5.04. The zero-order chi connectivity index (χ0) is 21.4. The van der Waals surface area contributed by atoms with Crippen molar-refractivity contribution < 1.29 is 0 Å². The second kappa shape index (κ2) is 8.00. The van der Waals surface area contributed by atoms with Gasteiger partial charge in [-0.15, -0.1) is 0 Å². The second-order valence-electron chi connectivity index (χ2n) is 7.92. The number of hydrogen-bond donors (Lipinski definition) is 1. The number of nitrogens with one attached hydrogen (secondary N) is 1. The number of thiocarbonyl (C=S) groups is 1. The SMILES string of the molecule is Cc1ccc(N2C(=S)N[C@@H](c3ccccn3)[C@H]2c2cccn2-c2ccccc2C)cc1. The summed E-state index contributed by atoms with van der Waals surface area (Å²) in [5, 5.41) is 4.26. The molecule has 0 saturated carbocycles. The lowest BCUT2D eigenvalue weighted by Crippen LogP contribution is -2.30. The highest BCUT2D eigenvalue weighted by molar-refractivity contribution is 7.80. The molecule has 2 atom stereocenters. The van der Waals surface area contributed by atoms with Crippen LogP contribution in [0.25, 0.3) is 5.69 Å². The first-order valence-electron chi connectivity index (χ1n) is 10.4. The molecule has 0 amide bonds. The Bertz CT molecular complexity index is 1210. The van der Waals surface area contributed by atoms with Crippen LogP contribution < -0.4 is 10.2 Å². The summed E-state index contributed by atoms with van der Waals surface area (Å²) < 4.78 is 2.27. The standard InChI is InChI=1S/C26H24N4S/c1-18-12-14-20(15-13-18)30-25(24(28-26(30)31)21-9-5-6-16-27-21)23-11-7-17-29(23)22-10-4-3-8-19(22)2/h3-17,24-25H,1-2H3,(H,28,31)/t24-,25+/m0/s1. The topological polar surface area (TPSA) is 33.1 Å². The first-order chi connectivity index (χ1) is 15.1. The summed E-state index contributed by atoms with van der Waals surface area (Å²) in [6.45, 7) is 4.24. The van der Waals surface area contributed by atoms with Crippen molar-refractivity contribution in [3.63, 3.8) is 0 Å². The van der Waals surface area contributed by atoms with E-state index in [4.69, 9.17) is 12.2 Å². The molecular formula is C26H24N4S. The smallest absolute Gasteiger partial charge is 0.174 e. The highest BCUT2D eigenvalue weighted by Gasteiger charge is 2.42. The van der Waals surface area contributed by atoms with E-state index in [1.54, 1.807) is 0 Å². The maximum atomic E-state index is 5.85. The lowest BCUT2D eigenvalue weighted by Gasteiger charge is -2.29. The van der Waals surface area contributed by atoms with Crippen molar-refractivity contribution in [1.82, 2.24) is 14.9 Å². The summed E-state index contributed by atoms with van der Waals surface area (Å²) in [6.07, 6.45) is 3.97. The van der Waals surface area contributed by atoms with Gasteiger partial charge in [-0.3, -0.25) is 4.98 Å². The van der Waals surface area contributed by atoms with E-state index < -0.39 is 0 Å². The molecule has 3 heterocycles. The van der Waals surface area contributed by atoms with Crippen molar-refractivity contribution in [2.75, 3.05) is 4.90 Å². The molecule has 4 nitrogen and oxygen atoms in total. The Morgan fingerprint density at radius 1 is 0.871 bits per heavy atom. The van der Waals surface area contributed by atoms with Crippen LogP contribution in [0.15, 0.2) is 91.3 Å². The van der Waals surface area contributed by atoms with Gasteiger partial charge in [-0.1, -0.05) is 42.0 Å². The Hall–Kier alpha value is -3.44. The number of nitrogens with zero attached hydrogens (tertiary/aromatic N) is 3. The Morgan fingerprint density at radius 3 is 2.39 bits per heavy atom. The molecule has 1 saturated heterocycles. The second-order valence-corrected chi connectivity index (χ2v) is 8.31. The number of rotatable bonds is 4. The van der Waals surface area contributed by atoms with Gasteiger partial charge in [-0.25, -0.2) is 0 Å². The highest BCUT2D eigenvalue weighted by Crippen LogP contribution is 2.42. The molecule has 0 radical (unpaired) electrons. The first kappa shape index (κ1) is 19.5. The van der Waals surface area contributed by atoms with Crippen LogP contribution in [-0.4, -0.2) is 14.7 Å². The van der Waals surface area contributed by atoms with Crippen LogP contribution in [0.2, 0.25) is 0 Å². The summed E-state index contributed by atoms with van der Waals surface area (Å²) in [6, 6.07) is 27.2. The molecule has 2 aromatic heterocycles. The molecule has 4 aromatic rings. The third kappa shape index (κ3) is 3.51. The van der Waals surface area contributed by atoms with E-state index >= 15 is 0 Å². The summed E-state index contributed by atoms with van der Waals surface area (Å²) in [5.41, 5.74) is 6.83. The minimum Gasteiger partial charge on any atom is -0.351 e. The van der Waals surface area contributed by atoms with Crippen LogP contribution in [0, 0.1) is 13.8 Å². The van der Waals surface area contributed by atoms with Crippen LogP contribution in [0.1, 0.15) is 34.6 Å². The highest BCUT2D eigenvalue weighted by atomic mass is 32.1. The third-order valence-electron chi connectivity index (χ3n) is 5.87. The van der Waals surface area contributed by atoms with Gasteiger partial charge in [-0.05, 0) is 74.1 Å². The van der Waals surface area contributed by atoms with Gasteiger partial charge < -0.3 is 14.8 Å². The van der Waals surface area contributed by atoms with E-state index in [0.29, 0.717) is 5.11 Å². The molecule has 5 heteroatoms. The van der Waals surface area contributed by atoms with Gasteiger partial charge in [0.2, 0.25) is 0 Å². The number of anilines is 1. The van der Waals surface area contributed by atoms with Gasteiger partial charge in [0.1, 0.15) is 6.04 Å². The van der Waals surface area contributed by atoms with Crippen molar-refractivity contribution >= 4 is 23.0 Å². The van der Waals surface area contributed by atoms with Gasteiger partial charge >= 0.3 is 0 Å². The number of para-hydroxylation sites is 1. The monoisotopic (exact) mass is 424 g/mol. The molecule has 31 heavy (non-hydrogen) atoms. The quantitative estimate of drug-likeness (QED) is 0.428. The molecule has 0 bridgehead atoms. The molecule has 1 N–H and O–H groups in total. The van der Waals surface area contributed by atoms with Gasteiger partial charge in [0, 0.05) is 29.5 Å². The molecule has 0 unspecified atom stereocenters. The zero-order valence-corrected chi connectivity index (χ0v) is 18.4. The zero-order valence-electron chi connectivity index (χ0n) is 17.6. The van der Waals surface area contributed by atoms with Crippen molar-refractivity contribution in [3.8, 4) is 5.69 Å². The number of aryl methyl sites for hydroxylation is 2. The molecule has 1 aliphatic rings. The van der Waals surface area contributed by atoms with E-state index in [-0.39, 0.29) is 12.1 Å². The van der Waals surface area contributed by atoms with Gasteiger partial charge in [0.25, 0.3) is 0 Å². The van der Waals surface area contributed by atoms with Crippen molar-refractivity contribution in [2.24, 2.45) is 0 Å². The maximum absolute atomic E-state index is 5.85. The van der Waals surface area contributed by atoms with Gasteiger partial charge in [0.15, 0.2) is 5.11 Å². The van der Waals surface area contributed by atoms with E-state index in [9.17, 15) is 0 Å². The Balaban J connectivity index is 1.68. The van der Waals surface area contributed by atoms with Crippen LogP contribution >= 0.6 is 12.2 Å². The van der Waals surface area contributed by atoms with E-state index in [1.165, 1.54) is 16.8 Å². The molecule has 1 aliphatic heterocycles. The molecule has 1 fully saturated rings. The molecule has 5 rings (SSSR count). The average Bonchev–Trinajstić information content (AvgIpc) is 3.39. The van der Waals surface area contributed by atoms with E-state index in [1.807, 2.05) is 18.3 Å². The average molecular weight is 425 g/mol. The molecule has 0 spiro atoms. The summed E-state index contributed by atoms with van der Waals surface area (Å²) in [4.78, 5) is 6.88. The fourth-order valence-electron chi connectivity index (χ4n) is 4.33. The maximum Gasteiger partial charge on any atom is 0.174 e. The predicted octanol–water partition coefficient (Wildman–Crippen LogP) is 5.67. The largest absolute Gasteiger partial charge is 0.351 e. The minimum absolute atomic E-state index is 0.0419. The summed E-state index contributed by atoms with van der Waals surface area (Å²) in [7, 11) is 0. The lowest BCUT2D eigenvalue weighted by molar-refractivity contribution is 0.549. The molecule has 0 aliphatic carbocycles. The number of hydrogen-bond acceptors (Lipinski definition) is 2. The van der Waals surface area contributed by atoms with Gasteiger partial charge in [-0.2, -0.15) is 0 Å². The molecule has 2 aromatic carbocycles. The summed E-state index contributed by atoms with van der Waals surface area (Å²) in [5.74, 6) is 0. The predicted molar refractivity (Wildman–Crippen MR) is 130 cm³/mol. The van der Waals surface area contributed by atoms with E-state index in [0.717, 1.165) is 17.1 Å². The lowest BCUT2D eigenvalue weighted by atomic mass is 10.0. The third-order valence-corrected chi connectivity index (χ3v) is 6.18. The molecule has 154 valence electrons. The van der Waals surface area contributed by atoms with Crippen molar-refractivity contribution in [3.05, 3.63) is 114 Å². The van der Waals surface area contributed by atoms with Gasteiger partial charge in [0.05, 0.1) is 11.7 Å². The Labute approximate surface area is 188 Å². The fraction of sp³-hybridized carbons (Fsp3) is 0.154. The van der Waals surface area contributed by atoms with Crippen molar-refractivity contribution in [1.29, 1.82) is 0 Å². The van der Waals surface area contributed by atoms with E-state index in [2.05, 4.69) is 107 Å². The Morgan fingerprint density at radius 2 is 1.65 bits per heavy atom. The van der Waals surface area contributed by atoms with Crippen molar-refractivity contribution in [2.45, 2.75) is 25.9 Å². The molecular weight excluding hydrogens is 400 g/mol. The fourth-order valence-corrected chi connectivity index (χ4v) is 4.67. The minimum atomic E-state index is -0.0623. The van der Waals surface area contributed by atoms with Crippen LogP contribution in [0.4, 0.5) is 5.69 Å². The normalized spacial score (nSPS) is 18.3. The first-order valence-corrected chi connectivity index (χ1v) is 10.8. The van der Waals surface area contributed by atoms with Crippen LogP contribution in [0.5, 0.6) is 0 Å². The van der Waals surface area contributed by atoms with Crippen LogP contribution in [-0.2, 0) is 0 Å². The van der Waals surface area contributed by atoms with Crippen LogP contribution in [0.3, 0.4) is 0 Å². The number of aromatic nitrogens is 2. The number of benzene rings is 2. The number of pyridine rings is 1.